The first-order chi connectivity index (χ1) is 14.2. The van der Waals surface area contributed by atoms with E-state index in [0.29, 0.717) is 29.6 Å². The summed E-state index contributed by atoms with van der Waals surface area (Å²) in [4.78, 5) is 19.6. The maximum absolute atomic E-state index is 13.2. The van der Waals surface area contributed by atoms with Gasteiger partial charge in [-0.05, 0) is 61.7 Å². The van der Waals surface area contributed by atoms with E-state index in [1.165, 1.54) is 0 Å². The largest absolute Gasteiger partial charge is 0.497 e. The third kappa shape index (κ3) is 3.94. The van der Waals surface area contributed by atoms with Crippen molar-refractivity contribution in [3.05, 3.63) is 60.0 Å². The Hall–Kier alpha value is -3.35. The van der Waals surface area contributed by atoms with Crippen LogP contribution in [0.4, 0.5) is 0 Å². The van der Waals surface area contributed by atoms with Crippen LogP contribution in [0.5, 0.6) is 11.5 Å². The van der Waals surface area contributed by atoms with E-state index in [0.717, 1.165) is 30.6 Å². The van der Waals surface area contributed by atoms with Crippen molar-refractivity contribution in [1.82, 2.24) is 15.0 Å². The average molecular weight is 393 g/mol. The van der Waals surface area contributed by atoms with E-state index < -0.39 is 0 Å². The molecule has 1 saturated heterocycles. The second-order valence-electron chi connectivity index (χ2n) is 6.93. The molecule has 7 nitrogen and oxygen atoms in total. The number of nitrogens with zero attached hydrogens (tertiary/aromatic N) is 3. The molecular formula is C22H23N3O4. The summed E-state index contributed by atoms with van der Waals surface area (Å²) in [6, 6.07) is 14.4. The summed E-state index contributed by atoms with van der Waals surface area (Å²) in [5.41, 5.74) is 1.42. The zero-order chi connectivity index (χ0) is 20.2. The summed E-state index contributed by atoms with van der Waals surface area (Å²) >= 11 is 0. The molecule has 150 valence electrons. The summed E-state index contributed by atoms with van der Waals surface area (Å²) in [5.74, 6) is 2.33. The van der Waals surface area contributed by atoms with Gasteiger partial charge in [0.25, 0.3) is 5.91 Å². The van der Waals surface area contributed by atoms with Gasteiger partial charge in [-0.3, -0.25) is 4.79 Å². The molecule has 1 aromatic heterocycles. The molecule has 29 heavy (non-hydrogen) atoms. The monoisotopic (exact) mass is 393 g/mol. The molecule has 1 amide bonds. The minimum Gasteiger partial charge on any atom is -0.497 e. The molecule has 4 rings (SSSR count). The van der Waals surface area contributed by atoms with E-state index >= 15 is 0 Å². The van der Waals surface area contributed by atoms with Crippen molar-refractivity contribution in [3.63, 3.8) is 0 Å². The Morgan fingerprint density at radius 3 is 2.62 bits per heavy atom. The minimum absolute atomic E-state index is 0.0576. The first-order valence-corrected chi connectivity index (χ1v) is 9.62. The molecule has 0 N–H and O–H groups in total. The summed E-state index contributed by atoms with van der Waals surface area (Å²) in [7, 11) is 3.21. The lowest BCUT2D eigenvalue weighted by Gasteiger charge is -2.33. The predicted molar refractivity (Wildman–Crippen MR) is 107 cm³/mol. The van der Waals surface area contributed by atoms with Gasteiger partial charge in [0.1, 0.15) is 17.5 Å². The van der Waals surface area contributed by atoms with Gasteiger partial charge in [-0.1, -0.05) is 11.2 Å². The molecule has 2 aromatic carbocycles. The average Bonchev–Trinajstić information content (AvgIpc) is 3.29. The highest BCUT2D eigenvalue weighted by atomic mass is 16.5. The first kappa shape index (κ1) is 19.0. The van der Waals surface area contributed by atoms with Crippen LogP contribution in [0.3, 0.4) is 0 Å². The summed E-state index contributed by atoms with van der Waals surface area (Å²) in [6.07, 6.45) is 2.75. The van der Waals surface area contributed by atoms with Gasteiger partial charge in [0.2, 0.25) is 11.7 Å². The second-order valence-corrected chi connectivity index (χ2v) is 6.93. The normalized spacial score (nSPS) is 16.5. The van der Waals surface area contributed by atoms with Crippen LogP contribution in [0.15, 0.2) is 53.1 Å². The number of piperidine rings is 1. The molecule has 0 saturated carbocycles. The van der Waals surface area contributed by atoms with Crippen molar-refractivity contribution >= 4 is 5.91 Å². The maximum atomic E-state index is 13.2. The molecular weight excluding hydrogens is 370 g/mol. The highest BCUT2D eigenvalue weighted by molar-refractivity contribution is 5.95. The van der Waals surface area contributed by atoms with Gasteiger partial charge in [0, 0.05) is 17.7 Å². The summed E-state index contributed by atoms with van der Waals surface area (Å²) < 4.78 is 16.0. The van der Waals surface area contributed by atoms with Gasteiger partial charge in [0.15, 0.2) is 0 Å². The molecule has 1 atom stereocenters. The van der Waals surface area contributed by atoms with E-state index in [-0.39, 0.29) is 11.9 Å². The quantitative estimate of drug-likeness (QED) is 0.649. The number of methoxy groups -OCH3 is 2. The predicted octanol–water partition coefficient (Wildman–Crippen LogP) is 4.12. The van der Waals surface area contributed by atoms with Crippen LogP contribution in [0.2, 0.25) is 0 Å². The fraction of sp³-hybridized carbons (Fsp3) is 0.318. The number of carbonyl (C=O) groups excluding carboxylic acids is 1. The van der Waals surface area contributed by atoms with Crippen LogP contribution >= 0.6 is 0 Å². The number of hydrogen-bond donors (Lipinski definition) is 0. The van der Waals surface area contributed by atoms with E-state index in [4.69, 9.17) is 14.0 Å². The third-order valence-electron chi connectivity index (χ3n) is 5.16. The van der Waals surface area contributed by atoms with E-state index in [1.54, 1.807) is 26.4 Å². The number of likely N-dealkylation sites (tertiary alicyclic amines) is 1. The Labute approximate surface area is 169 Å². The maximum Gasteiger partial charge on any atom is 0.254 e. The fourth-order valence-corrected chi connectivity index (χ4v) is 3.58. The lowest BCUT2D eigenvalue weighted by Crippen LogP contribution is -2.38. The molecule has 0 radical (unpaired) electrons. The van der Waals surface area contributed by atoms with Crippen molar-refractivity contribution in [1.29, 1.82) is 0 Å². The van der Waals surface area contributed by atoms with Gasteiger partial charge < -0.3 is 18.9 Å². The highest BCUT2D eigenvalue weighted by Gasteiger charge is 2.33. The smallest absolute Gasteiger partial charge is 0.254 e. The Balaban J connectivity index is 1.59. The molecule has 0 aliphatic carbocycles. The van der Waals surface area contributed by atoms with Crippen molar-refractivity contribution in [2.24, 2.45) is 0 Å². The Morgan fingerprint density at radius 2 is 1.86 bits per heavy atom. The van der Waals surface area contributed by atoms with E-state index in [2.05, 4.69) is 10.1 Å². The molecule has 7 heteroatoms. The molecule has 2 heterocycles. The minimum atomic E-state index is -0.234. The van der Waals surface area contributed by atoms with E-state index in [9.17, 15) is 4.79 Å². The summed E-state index contributed by atoms with van der Waals surface area (Å²) in [6.45, 7) is 0.654. The van der Waals surface area contributed by atoms with Crippen molar-refractivity contribution in [3.8, 4) is 22.9 Å². The Morgan fingerprint density at radius 1 is 1.07 bits per heavy atom. The Bertz CT molecular complexity index is 984. The van der Waals surface area contributed by atoms with Crippen molar-refractivity contribution in [2.75, 3.05) is 20.8 Å². The van der Waals surface area contributed by atoms with Crippen LogP contribution in [0, 0.1) is 0 Å². The number of aromatic nitrogens is 2. The standard InChI is InChI=1S/C22H23N3O4/c1-27-17-11-9-15(10-12-17)20-23-21(29-24-20)19-8-3-4-13-25(19)22(26)16-6-5-7-18(14-16)28-2/h5-7,9-12,14,19H,3-4,8,13H2,1-2H3. The number of carbonyl (C=O) groups is 1. The van der Waals surface area contributed by atoms with Crippen LogP contribution in [0.1, 0.15) is 41.6 Å². The zero-order valence-electron chi connectivity index (χ0n) is 16.5. The molecule has 0 bridgehead atoms. The number of amides is 1. The van der Waals surface area contributed by atoms with Crippen LogP contribution < -0.4 is 9.47 Å². The van der Waals surface area contributed by atoms with Crippen LogP contribution in [0.25, 0.3) is 11.4 Å². The number of ether oxygens (including phenoxy) is 2. The lowest BCUT2D eigenvalue weighted by atomic mass is 10.0. The van der Waals surface area contributed by atoms with Gasteiger partial charge in [-0.25, -0.2) is 0 Å². The van der Waals surface area contributed by atoms with Crippen molar-refractivity contribution in [2.45, 2.75) is 25.3 Å². The van der Waals surface area contributed by atoms with Gasteiger partial charge in [0.05, 0.1) is 14.2 Å². The SMILES string of the molecule is COc1ccc(-c2noc(C3CCCCN3C(=O)c3cccc(OC)c3)n2)cc1. The van der Waals surface area contributed by atoms with Gasteiger partial charge >= 0.3 is 0 Å². The molecule has 1 fully saturated rings. The fourth-order valence-electron chi connectivity index (χ4n) is 3.58. The lowest BCUT2D eigenvalue weighted by molar-refractivity contribution is 0.0561. The van der Waals surface area contributed by atoms with Gasteiger partial charge in [-0.15, -0.1) is 0 Å². The molecule has 3 aromatic rings. The van der Waals surface area contributed by atoms with Crippen LogP contribution in [-0.4, -0.2) is 41.7 Å². The van der Waals surface area contributed by atoms with E-state index in [1.807, 2.05) is 41.3 Å². The summed E-state index contributed by atoms with van der Waals surface area (Å²) in [5, 5.41) is 4.13. The molecule has 0 spiro atoms. The Kier molecular flexibility index (Phi) is 5.46. The number of benzene rings is 2. The molecule has 1 unspecified atom stereocenters. The number of rotatable bonds is 5. The van der Waals surface area contributed by atoms with Gasteiger partial charge in [-0.2, -0.15) is 4.98 Å². The van der Waals surface area contributed by atoms with Crippen LogP contribution in [-0.2, 0) is 0 Å². The molecule has 1 aliphatic rings. The highest BCUT2D eigenvalue weighted by Crippen LogP contribution is 2.33. The topological polar surface area (TPSA) is 77.7 Å². The third-order valence-corrected chi connectivity index (χ3v) is 5.16. The number of hydrogen-bond acceptors (Lipinski definition) is 6. The zero-order valence-corrected chi connectivity index (χ0v) is 16.5. The van der Waals surface area contributed by atoms with Crippen molar-refractivity contribution < 1.29 is 18.8 Å². The molecule has 1 aliphatic heterocycles. The second kappa shape index (κ2) is 8.34. The first-order valence-electron chi connectivity index (χ1n) is 9.62.